The van der Waals surface area contributed by atoms with Crippen molar-refractivity contribution in [3.63, 3.8) is 0 Å². The zero-order chi connectivity index (χ0) is 9.84. The van der Waals surface area contributed by atoms with Gasteiger partial charge < -0.3 is 0 Å². The van der Waals surface area contributed by atoms with Gasteiger partial charge in [0.1, 0.15) is 0 Å². The van der Waals surface area contributed by atoms with Crippen LogP contribution in [0.15, 0.2) is 0 Å². The summed E-state index contributed by atoms with van der Waals surface area (Å²) >= 11 is 0. The van der Waals surface area contributed by atoms with Crippen LogP contribution < -0.4 is 10.9 Å². The van der Waals surface area contributed by atoms with E-state index < -0.39 is 0 Å². The largest absolute Gasteiger partial charge is 0.273 e. The van der Waals surface area contributed by atoms with Gasteiger partial charge in [0.2, 0.25) is 11.8 Å². The second-order valence-electron chi connectivity index (χ2n) is 3.76. The molecule has 0 aromatic rings. The van der Waals surface area contributed by atoms with Gasteiger partial charge in [0, 0.05) is 11.8 Å². The Morgan fingerprint density at radius 2 is 1.85 bits per heavy atom. The summed E-state index contributed by atoms with van der Waals surface area (Å²) in [6.45, 7) is 3.57. The predicted molar refractivity (Wildman–Crippen MR) is 48.5 cm³/mol. The van der Waals surface area contributed by atoms with Gasteiger partial charge in [0.25, 0.3) is 0 Å². The van der Waals surface area contributed by atoms with E-state index >= 15 is 0 Å². The van der Waals surface area contributed by atoms with E-state index in [4.69, 9.17) is 0 Å². The van der Waals surface area contributed by atoms with Crippen molar-refractivity contribution in [3.8, 4) is 0 Å². The molecule has 0 aliphatic heterocycles. The smallest absolute Gasteiger partial charge is 0.241 e. The molecule has 1 aliphatic rings. The molecule has 13 heavy (non-hydrogen) atoms. The molecular weight excluding hydrogens is 168 g/mol. The van der Waals surface area contributed by atoms with Crippen molar-refractivity contribution in [2.75, 3.05) is 0 Å². The molecular formula is C9H16N2O2. The van der Waals surface area contributed by atoms with Gasteiger partial charge in [-0.05, 0) is 12.8 Å². The molecule has 4 heteroatoms. The van der Waals surface area contributed by atoms with Crippen LogP contribution >= 0.6 is 0 Å². The molecule has 0 unspecified atom stereocenters. The fourth-order valence-corrected chi connectivity index (χ4v) is 1.04. The molecule has 0 atom stereocenters. The van der Waals surface area contributed by atoms with Gasteiger partial charge in [0.15, 0.2) is 0 Å². The van der Waals surface area contributed by atoms with Crippen LogP contribution in [-0.4, -0.2) is 11.8 Å². The zero-order valence-electron chi connectivity index (χ0n) is 8.09. The Morgan fingerprint density at radius 3 is 2.23 bits per heavy atom. The van der Waals surface area contributed by atoms with E-state index in [1.807, 2.05) is 0 Å². The highest BCUT2D eigenvalue weighted by atomic mass is 16.2. The third-order valence-corrected chi connectivity index (χ3v) is 2.31. The first-order valence-corrected chi connectivity index (χ1v) is 4.71. The third-order valence-electron chi connectivity index (χ3n) is 2.31. The van der Waals surface area contributed by atoms with Crippen LogP contribution in [0.5, 0.6) is 0 Å². The minimum atomic E-state index is -0.146. The summed E-state index contributed by atoms with van der Waals surface area (Å²) in [5.74, 6) is -0.179. The van der Waals surface area contributed by atoms with Crippen molar-refractivity contribution in [1.82, 2.24) is 10.9 Å². The number of nitrogens with one attached hydrogen (secondary N) is 2. The first-order valence-electron chi connectivity index (χ1n) is 4.71. The minimum Gasteiger partial charge on any atom is -0.273 e. The average molecular weight is 184 g/mol. The zero-order valence-corrected chi connectivity index (χ0v) is 8.09. The second-order valence-corrected chi connectivity index (χ2v) is 3.76. The summed E-state index contributed by atoms with van der Waals surface area (Å²) in [5.41, 5.74) is 4.82. The molecule has 74 valence electrons. The van der Waals surface area contributed by atoms with E-state index in [9.17, 15) is 9.59 Å². The highest BCUT2D eigenvalue weighted by Crippen LogP contribution is 2.25. The summed E-state index contributed by atoms with van der Waals surface area (Å²) in [7, 11) is 0. The average Bonchev–Trinajstić information content (AvgIpc) is 1.96. The second kappa shape index (κ2) is 4.25. The van der Waals surface area contributed by atoms with Crippen LogP contribution in [0.25, 0.3) is 0 Å². The SMILES string of the molecule is CC(C)C(=O)NNC(=O)C1CCC1. The van der Waals surface area contributed by atoms with Crippen LogP contribution in [0.4, 0.5) is 0 Å². The lowest BCUT2D eigenvalue weighted by atomic mass is 9.85. The fourth-order valence-electron chi connectivity index (χ4n) is 1.04. The Hall–Kier alpha value is -1.06. The van der Waals surface area contributed by atoms with E-state index in [1.165, 1.54) is 0 Å². The van der Waals surface area contributed by atoms with Crippen LogP contribution in [0.3, 0.4) is 0 Å². The number of hydrogen-bond acceptors (Lipinski definition) is 2. The lowest BCUT2D eigenvalue weighted by Gasteiger charge is -2.24. The maximum absolute atomic E-state index is 11.2. The predicted octanol–water partition coefficient (Wildman–Crippen LogP) is 0.590. The number of rotatable bonds is 2. The van der Waals surface area contributed by atoms with Crippen molar-refractivity contribution in [2.24, 2.45) is 11.8 Å². The Morgan fingerprint density at radius 1 is 1.23 bits per heavy atom. The molecule has 1 aliphatic carbocycles. The van der Waals surface area contributed by atoms with Crippen molar-refractivity contribution in [2.45, 2.75) is 33.1 Å². The monoisotopic (exact) mass is 184 g/mol. The van der Waals surface area contributed by atoms with Crippen LogP contribution in [0, 0.1) is 11.8 Å². The Labute approximate surface area is 78.0 Å². The highest BCUT2D eigenvalue weighted by molar-refractivity contribution is 5.84. The quantitative estimate of drug-likeness (QED) is 0.617. The Bertz CT molecular complexity index is 210. The van der Waals surface area contributed by atoms with Gasteiger partial charge in [-0.3, -0.25) is 20.4 Å². The molecule has 0 heterocycles. The summed E-state index contributed by atoms with van der Waals surface area (Å²) in [5, 5.41) is 0. The number of carbonyl (C=O) groups excluding carboxylic acids is 2. The fraction of sp³-hybridized carbons (Fsp3) is 0.778. The van der Waals surface area contributed by atoms with Crippen LogP contribution in [0.2, 0.25) is 0 Å². The summed E-state index contributed by atoms with van der Waals surface area (Å²) < 4.78 is 0. The first-order chi connectivity index (χ1) is 6.11. The maximum atomic E-state index is 11.2. The van der Waals surface area contributed by atoms with Gasteiger partial charge in [-0.25, -0.2) is 0 Å². The molecule has 0 radical (unpaired) electrons. The van der Waals surface area contributed by atoms with Gasteiger partial charge in [-0.1, -0.05) is 20.3 Å². The van der Waals surface area contributed by atoms with Crippen molar-refractivity contribution in [1.29, 1.82) is 0 Å². The van der Waals surface area contributed by atoms with Gasteiger partial charge >= 0.3 is 0 Å². The van der Waals surface area contributed by atoms with Crippen molar-refractivity contribution >= 4 is 11.8 Å². The number of hydrogen-bond donors (Lipinski definition) is 2. The van der Waals surface area contributed by atoms with E-state index in [-0.39, 0.29) is 23.7 Å². The molecule has 0 aromatic carbocycles. The van der Waals surface area contributed by atoms with Crippen molar-refractivity contribution in [3.05, 3.63) is 0 Å². The maximum Gasteiger partial charge on any atom is 0.241 e. The third kappa shape index (κ3) is 2.72. The minimum absolute atomic E-state index is 0.0553. The summed E-state index contributed by atoms with van der Waals surface area (Å²) in [6, 6.07) is 0. The Kier molecular flexibility index (Phi) is 3.28. The molecule has 0 saturated heterocycles. The number of amides is 2. The van der Waals surface area contributed by atoms with E-state index in [1.54, 1.807) is 13.8 Å². The van der Waals surface area contributed by atoms with E-state index in [0.29, 0.717) is 0 Å². The normalized spacial score (nSPS) is 16.5. The molecule has 2 amide bonds. The lowest BCUT2D eigenvalue weighted by Crippen LogP contribution is -2.47. The van der Waals surface area contributed by atoms with Crippen LogP contribution in [0.1, 0.15) is 33.1 Å². The molecule has 0 spiro atoms. The van der Waals surface area contributed by atoms with E-state index in [2.05, 4.69) is 10.9 Å². The summed E-state index contributed by atoms with van der Waals surface area (Å²) in [6.07, 6.45) is 3.02. The number of carbonyl (C=O) groups is 2. The molecule has 1 saturated carbocycles. The van der Waals surface area contributed by atoms with Gasteiger partial charge in [-0.2, -0.15) is 0 Å². The standard InChI is InChI=1S/C9H16N2O2/c1-6(2)8(12)10-11-9(13)7-4-3-5-7/h6-7H,3-5H2,1-2H3,(H,10,12)(H,11,13). The van der Waals surface area contributed by atoms with Crippen LogP contribution in [-0.2, 0) is 9.59 Å². The molecule has 4 nitrogen and oxygen atoms in total. The molecule has 2 N–H and O–H groups in total. The first kappa shape index (κ1) is 10.0. The van der Waals surface area contributed by atoms with Crippen molar-refractivity contribution < 1.29 is 9.59 Å². The number of hydrazine groups is 1. The highest BCUT2D eigenvalue weighted by Gasteiger charge is 2.25. The lowest BCUT2D eigenvalue weighted by molar-refractivity contribution is -0.134. The van der Waals surface area contributed by atoms with Gasteiger partial charge in [-0.15, -0.1) is 0 Å². The molecule has 0 aromatic heterocycles. The molecule has 0 bridgehead atoms. The molecule has 1 fully saturated rings. The molecule has 1 rings (SSSR count). The van der Waals surface area contributed by atoms with Gasteiger partial charge in [0.05, 0.1) is 0 Å². The topological polar surface area (TPSA) is 58.2 Å². The Balaban J connectivity index is 2.17. The summed E-state index contributed by atoms with van der Waals surface area (Å²) in [4.78, 5) is 22.3. The van der Waals surface area contributed by atoms with E-state index in [0.717, 1.165) is 19.3 Å².